The van der Waals surface area contributed by atoms with Crippen LogP contribution in [0.15, 0.2) is 18.2 Å². The lowest BCUT2D eigenvalue weighted by atomic mass is 10.1. The molecule has 104 valence electrons. The van der Waals surface area contributed by atoms with Crippen LogP contribution in [0.25, 0.3) is 0 Å². The highest BCUT2D eigenvalue weighted by Gasteiger charge is 2.20. The number of carbonyl (C=O) groups is 1. The van der Waals surface area contributed by atoms with Gasteiger partial charge in [0.25, 0.3) is 5.91 Å². The van der Waals surface area contributed by atoms with Gasteiger partial charge in [-0.1, -0.05) is 6.07 Å². The van der Waals surface area contributed by atoms with E-state index in [1.807, 2.05) is 0 Å². The number of rotatable bonds is 7. The third-order valence-corrected chi connectivity index (χ3v) is 3.07. The van der Waals surface area contributed by atoms with E-state index in [2.05, 4.69) is 10.6 Å². The predicted molar refractivity (Wildman–Crippen MR) is 70.9 cm³/mol. The minimum Gasteiger partial charge on any atom is -0.496 e. The van der Waals surface area contributed by atoms with Crippen LogP contribution in [0.3, 0.4) is 0 Å². The Balaban J connectivity index is 1.81. The first kappa shape index (κ1) is 13.8. The Hall–Kier alpha value is -1.62. The molecule has 0 aliphatic heterocycles. The van der Waals surface area contributed by atoms with Gasteiger partial charge in [-0.25, -0.2) is 4.39 Å². The van der Waals surface area contributed by atoms with Crippen LogP contribution < -0.4 is 15.4 Å². The molecule has 1 fully saturated rings. The van der Waals surface area contributed by atoms with Crippen LogP contribution in [-0.4, -0.2) is 32.1 Å². The van der Waals surface area contributed by atoms with Crippen molar-refractivity contribution in [1.82, 2.24) is 10.6 Å². The molecule has 0 spiro atoms. The monoisotopic (exact) mass is 266 g/mol. The molecule has 2 N–H and O–H groups in total. The average Bonchev–Trinajstić information content (AvgIpc) is 3.21. The van der Waals surface area contributed by atoms with Gasteiger partial charge in [-0.05, 0) is 37.9 Å². The van der Waals surface area contributed by atoms with Crippen molar-refractivity contribution in [1.29, 1.82) is 0 Å². The zero-order chi connectivity index (χ0) is 13.7. The highest BCUT2D eigenvalue weighted by Crippen LogP contribution is 2.20. The molecule has 0 heterocycles. The number of amides is 1. The molecule has 1 saturated carbocycles. The molecule has 1 amide bonds. The van der Waals surface area contributed by atoms with Gasteiger partial charge in [-0.3, -0.25) is 4.79 Å². The van der Waals surface area contributed by atoms with Crippen LogP contribution in [-0.2, 0) is 0 Å². The van der Waals surface area contributed by atoms with Crippen molar-refractivity contribution in [3.63, 3.8) is 0 Å². The molecule has 0 radical (unpaired) electrons. The minimum atomic E-state index is -0.562. The van der Waals surface area contributed by atoms with Gasteiger partial charge in [0, 0.05) is 12.6 Å². The highest BCUT2D eigenvalue weighted by molar-refractivity contribution is 5.97. The Kier molecular flexibility index (Phi) is 4.74. The molecule has 1 aromatic carbocycles. The SMILES string of the molecule is COc1cccc(F)c1C(=O)NCCCNC1CC1. The van der Waals surface area contributed by atoms with Gasteiger partial charge >= 0.3 is 0 Å². The van der Waals surface area contributed by atoms with Crippen LogP contribution in [0.2, 0.25) is 0 Å². The van der Waals surface area contributed by atoms with Gasteiger partial charge in [0.05, 0.1) is 7.11 Å². The first-order valence-corrected chi connectivity index (χ1v) is 6.56. The largest absolute Gasteiger partial charge is 0.496 e. The topological polar surface area (TPSA) is 50.4 Å². The maximum atomic E-state index is 13.6. The van der Waals surface area contributed by atoms with Crippen molar-refractivity contribution in [3.8, 4) is 5.75 Å². The second kappa shape index (κ2) is 6.52. The summed E-state index contributed by atoms with van der Waals surface area (Å²) in [5.74, 6) is -0.733. The molecule has 2 rings (SSSR count). The predicted octanol–water partition coefficient (Wildman–Crippen LogP) is 1.71. The zero-order valence-corrected chi connectivity index (χ0v) is 11.0. The number of carbonyl (C=O) groups excluding carboxylic acids is 1. The lowest BCUT2D eigenvalue weighted by molar-refractivity contribution is 0.0946. The van der Waals surface area contributed by atoms with E-state index >= 15 is 0 Å². The first-order valence-electron chi connectivity index (χ1n) is 6.56. The number of halogens is 1. The summed E-state index contributed by atoms with van der Waals surface area (Å²) in [6, 6.07) is 5.02. The van der Waals surface area contributed by atoms with E-state index in [1.54, 1.807) is 6.07 Å². The third kappa shape index (κ3) is 3.92. The summed E-state index contributed by atoms with van der Waals surface area (Å²) < 4.78 is 18.6. The first-order chi connectivity index (χ1) is 9.22. The summed E-state index contributed by atoms with van der Waals surface area (Å²) in [6.45, 7) is 1.40. The number of nitrogens with one attached hydrogen (secondary N) is 2. The molecule has 0 unspecified atom stereocenters. The zero-order valence-electron chi connectivity index (χ0n) is 11.0. The lowest BCUT2D eigenvalue weighted by Crippen LogP contribution is -2.28. The molecular formula is C14H19FN2O2. The molecule has 0 atom stereocenters. The van der Waals surface area contributed by atoms with Crippen LogP contribution in [0.5, 0.6) is 5.75 Å². The number of hydrogen-bond donors (Lipinski definition) is 2. The van der Waals surface area contributed by atoms with Gasteiger partial charge < -0.3 is 15.4 Å². The van der Waals surface area contributed by atoms with Gasteiger partial charge in [-0.15, -0.1) is 0 Å². The molecule has 5 heteroatoms. The molecule has 0 aromatic heterocycles. The van der Waals surface area contributed by atoms with E-state index in [4.69, 9.17) is 4.74 Å². The van der Waals surface area contributed by atoms with Crippen LogP contribution >= 0.6 is 0 Å². The number of benzene rings is 1. The summed E-state index contributed by atoms with van der Waals surface area (Å²) >= 11 is 0. The maximum Gasteiger partial charge on any atom is 0.258 e. The summed E-state index contributed by atoms with van der Waals surface area (Å²) in [7, 11) is 1.42. The molecule has 1 aromatic rings. The summed E-state index contributed by atoms with van der Waals surface area (Å²) in [6.07, 6.45) is 3.33. The number of ether oxygens (including phenoxy) is 1. The fourth-order valence-electron chi connectivity index (χ4n) is 1.87. The minimum absolute atomic E-state index is 0.0276. The van der Waals surface area contributed by atoms with Crippen molar-refractivity contribution < 1.29 is 13.9 Å². The second-order valence-corrected chi connectivity index (χ2v) is 4.65. The molecule has 19 heavy (non-hydrogen) atoms. The fraction of sp³-hybridized carbons (Fsp3) is 0.500. The number of hydrogen-bond acceptors (Lipinski definition) is 3. The molecule has 1 aliphatic rings. The normalized spacial score (nSPS) is 14.2. The van der Waals surface area contributed by atoms with Crippen LogP contribution in [0.4, 0.5) is 4.39 Å². The van der Waals surface area contributed by atoms with Crippen molar-refractivity contribution in [2.24, 2.45) is 0 Å². The molecule has 0 saturated heterocycles. The van der Waals surface area contributed by atoms with E-state index in [9.17, 15) is 9.18 Å². The lowest BCUT2D eigenvalue weighted by Gasteiger charge is -2.10. The Morgan fingerprint density at radius 2 is 2.21 bits per heavy atom. The van der Waals surface area contributed by atoms with Crippen molar-refractivity contribution in [3.05, 3.63) is 29.6 Å². The molecule has 1 aliphatic carbocycles. The van der Waals surface area contributed by atoms with Gasteiger partial charge in [-0.2, -0.15) is 0 Å². The Morgan fingerprint density at radius 3 is 2.89 bits per heavy atom. The van der Waals surface area contributed by atoms with Gasteiger partial charge in [0.2, 0.25) is 0 Å². The molecule has 0 bridgehead atoms. The second-order valence-electron chi connectivity index (χ2n) is 4.65. The van der Waals surface area contributed by atoms with Crippen molar-refractivity contribution in [2.45, 2.75) is 25.3 Å². The fourth-order valence-corrected chi connectivity index (χ4v) is 1.87. The smallest absolute Gasteiger partial charge is 0.258 e. The van der Waals surface area contributed by atoms with Crippen LogP contribution in [0.1, 0.15) is 29.6 Å². The molecule has 4 nitrogen and oxygen atoms in total. The van der Waals surface area contributed by atoms with E-state index in [0.29, 0.717) is 12.6 Å². The number of methoxy groups -OCH3 is 1. The average molecular weight is 266 g/mol. The van der Waals surface area contributed by atoms with Gasteiger partial charge in [0.1, 0.15) is 17.1 Å². The highest BCUT2D eigenvalue weighted by atomic mass is 19.1. The summed E-state index contributed by atoms with van der Waals surface area (Å²) in [4.78, 5) is 11.9. The van der Waals surface area contributed by atoms with E-state index in [0.717, 1.165) is 13.0 Å². The van der Waals surface area contributed by atoms with Crippen molar-refractivity contribution >= 4 is 5.91 Å². The quantitative estimate of drug-likeness (QED) is 0.739. The Morgan fingerprint density at radius 1 is 1.42 bits per heavy atom. The summed E-state index contributed by atoms with van der Waals surface area (Å²) in [5.41, 5.74) is -0.0276. The standard InChI is InChI=1S/C14H19FN2O2/c1-19-12-5-2-4-11(15)13(12)14(18)17-9-3-8-16-10-6-7-10/h2,4-5,10,16H,3,6-9H2,1H3,(H,17,18). The molecular weight excluding hydrogens is 247 g/mol. The van der Waals surface area contributed by atoms with Gasteiger partial charge in [0.15, 0.2) is 0 Å². The van der Waals surface area contributed by atoms with E-state index < -0.39 is 11.7 Å². The van der Waals surface area contributed by atoms with E-state index in [-0.39, 0.29) is 11.3 Å². The maximum absolute atomic E-state index is 13.6. The third-order valence-electron chi connectivity index (χ3n) is 3.07. The van der Waals surface area contributed by atoms with E-state index in [1.165, 1.54) is 32.1 Å². The van der Waals surface area contributed by atoms with Crippen LogP contribution in [0, 0.1) is 5.82 Å². The Bertz CT molecular complexity index is 447. The van der Waals surface area contributed by atoms with Crippen molar-refractivity contribution in [2.75, 3.05) is 20.2 Å². The Labute approximate surface area is 112 Å². The summed E-state index contributed by atoms with van der Waals surface area (Å²) in [5, 5.41) is 6.06.